The summed E-state index contributed by atoms with van der Waals surface area (Å²) in [4.78, 5) is 2.45. The van der Waals surface area contributed by atoms with Gasteiger partial charge in [0.15, 0.2) is 0 Å². The van der Waals surface area contributed by atoms with Gasteiger partial charge in [-0.2, -0.15) is 5.10 Å². The highest BCUT2D eigenvalue weighted by Gasteiger charge is 2.23. The summed E-state index contributed by atoms with van der Waals surface area (Å²) >= 11 is 6.28. The summed E-state index contributed by atoms with van der Waals surface area (Å²) < 4.78 is 1.90. The van der Waals surface area contributed by atoms with Crippen LogP contribution in [0.15, 0.2) is 0 Å². The number of nitrogens with zero attached hydrogens (tertiary/aromatic N) is 3. The molecule has 2 heterocycles. The van der Waals surface area contributed by atoms with Crippen LogP contribution in [0.1, 0.15) is 31.2 Å². The van der Waals surface area contributed by atoms with E-state index in [0.29, 0.717) is 12.0 Å². The van der Waals surface area contributed by atoms with Crippen LogP contribution in [-0.4, -0.2) is 33.8 Å². The van der Waals surface area contributed by atoms with E-state index in [1.54, 1.807) is 0 Å². The van der Waals surface area contributed by atoms with Crippen LogP contribution in [0.25, 0.3) is 0 Å². The summed E-state index contributed by atoms with van der Waals surface area (Å²) in [7, 11) is 1.96. The summed E-state index contributed by atoms with van der Waals surface area (Å²) in [5.41, 5.74) is 8.00. The van der Waals surface area contributed by atoms with Gasteiger partial charge in [-0.1, -0.05) is 11.6 Å². The average molecular weight is 271 g/mol. The van der Waals surface area contributed by atoms with Crippen molar-refractivity contribution in [3.63, 3.8) is 0 Å². The van der Waals surface area contributed by atoms with Gasteiger partial charge in [0.05, 0.1) is 16.4 Å². The first-order valence-electron chi connectivity index (χ1n) is 6.65. The minimum absolute atomic E-state index is 0.315. The topological polar surface area (TPSA) is 47.1 Å². The molecule has 102 valence electrons. The molecule has 1 saturated heterocycles. The van der Waals surface area contributed by atoms with E-state index in [0.717, 1.165) is 36.0 Å². The zero-order valence-corrected chi connectivity index (χ0v) is 12.2. The number of piperidine rings is 1. The quantitative estimate of drug-likeness (QED) is 0.913. The van der Waals surface area contributed by atoms with Crippen molar-refractivity contribution >= 4 is 11.6 Å². The molecule has 0 bridgehead atoms. The lowest BCUT2D eigenvalue weighted by molar-refractivity contribution is 0.162. The highest BCUT2D eigenvalue weighted by Crippen LogP contribution is 2.24. The second-order valence-electron chi connectivity index (χ2n) is 5.44. The van der Waals surface area contributed by atoms with Crippen LogP contribution in [0.3, 0.4) is 0 Å². The Hall–Kier alpha value is -0.580. The van der Waals surface area contributed by atoms with Gasteiger partial charge in [-0.15, -0.1) is 0 Å². The van der Waals surface area contributed by atoms with Crippen LogP contribution in [-0.2, 0) is 13.6 Å². The van der Waals surface area contributed by atoms with Crippen LogP contribution in [0.5, 0.6) is 0 Å². The van der Waals surface area contributed by atoms with Gasteiger partial charge in [0.25, 0.3) is 0 Å². The van der Waals surface area contributed by atoms with Crippen LogP contribution in [0.4, 0.5) is 0 Å². The summed E-state index contributed by atoms with van der Waals surface area (Å²) in [6.45, 7) is 7.16. The monoisotopic (exact) mass is 270 g/mol. The fourth-order valence-electron chi connectivity index (χ4n) is 2.70. The summed E-state index contributed by atoms with van der Waals surface area (Å²) in [5.74, 6) is 0.671. The van der Waals surface area contributed by atoms with Crippen molar-refractivity contribution in [2.75, 3.05) is 13.1 Å². The SMILES string of the molecule is Cc1nn(C)c(CN2CCC(C(C)N)CC2)c1Cl. The molecule has 1 atom stereocenters. The molecule has 1 aromatic heterocycles. The van der Waals surface area contributed by atoms with E-state index in [4.69, 9.17) is 17.3 Å². The van der Waals surface area contributed by atoms with Gasteiger partial charge in [0, 0.05) is 19.6 Å². The van der Waals surface area contributed by atoms with Gasteiger partial charge < -0.3 is 5.73 Å². The molecular weight excluding hydrogens is 248 g/mol. The molecule has 4 nitrogen and oxygen atoms in total. The minimum Gasteiger partial charge on any atom is -0.328 e. The Balaban J connectivity index is 1.95. The number of halogens is 1. The first-order valence-corrected chi connectivity index (χ1v) is 7.02. The Labute approximate surface area is 114 Å². The summed E-state index contributed by atoms with van der Waals surface area (Å²) in [5, 5.41) is 5.17. The third-order valence-corrected chi connectivity index (χ3v) is 4.50. The molecule has 0 radical (unpaired) electrons. The first-order chi connectivity index (χ1) is 8.49. The first kappa shape index (κ1) is 13.8. The predicted octanol–water partition coefficient (Wildman–Crippen LogP) is 1.94. The summed E-state index contributed by atoms with van der Waals surface area (Å²) in [6.07, 6.45) is 2.37. The van der Waals surface area contributed by atoms with Gasteiger partial charge in [-0.3, -0.25) is 9.58 Å². The van der Waals surface area contributed by atoms with E-state index in [1.807, 2.05) is 18.7 Å². The van der Waals surface area contributed by atoms with Crippen molar-refractivity contribution in [3.05, 3.63) is 16.4 Å². The molecular formula is C13H23ClN4. The zero-order chi connectivity index (χ0) is 13.3. The molecule has 0 aromatic carbocycles. The second kappa shape index (κ2) is 5.59. The average Bonchev–Trinajstić information content (AvgIpc) is 2.57. The molecule has 1 aliphatic rings. The molecule has 1 aromatic rings. The lowest BCUT2D eigenvalue weighted by Gasteiger charge is -2.33. The molecule has 2 rings (SSSR count). The van der Waals surface area contributed by atoms with E-state index in [1.165, 1.54) is 12.8 Å². The van der Waals surface area contributed by atoms with Crippen LogP contribution < -0.4 is 5.73 Å². The van der Waals surface area contributed by atoms with Crippen LogP contribution >= 0.6 is 11.6 Å². The summed E-state index contributed by atoms with van der Waals surface area (Å²) in [6, 6.07) is 0.315. The van der Waals surface area contributed by atoms with Gasteiger partial charge in [0.2, 0.25) is 0 Å². The van der Waals surface area contributed by atoms with Crippen molar-refractivity contribution in [1.82, 2.24) is 14.7 Å². The predicted molar refractivity (Wildman–Crippen MR) is 74.6 cm³/mol. The zero-order valence-electron chi connectivity index (χ0n) is 11.5. The number of hydrogen-bond acceptors (Lipinski definition) is 3. The van der Waals surface area contributed by atoms with Crippen molar-refractivity contribution in [1.29, 1.82) is 0 Å². The third kappa shape index (κ3) is 2.87. The smallest absolute Gasteiger partial charge is 0.0860 e. The normalized spacial score (nSPS) is 20.3. The number of rotatable bonds is 3. The Bertz CT molecular complexity index is 405. The molecule has 0 aliphatic carbocycles. The Morgan fingerprint density at radius 2 is 2.06 bits per heavy atom. The number of likely N-dealkylation sites (tertiary alicyclic amines) is 1. The standard InChI is InChI=1S/C13H23ClN4/c1-9(15)11-4-6-18(7-5-11)8-12-13(14)10(2)16-17(12)3/h9,11H,4-8,15H2,1-3H3. The van der Waals surface area contributed by atoms with E-state index in [2.05, 4.69) is 16.9 Å². The molecule has 18 heavy (non-hydrogen) atoms. The van der Waals surface area contributed by atoms with Crippen molar-refractivity contribution < 1.29 is 0 Å². The molecule has 0 amide bonds. The molecule has 1 aliphatic heterocycles. The van der Waals surface area contributed by atoms with Gasteiger partial charge >= 0.3 is 0 Å². The molecule has 0 spiro atoms. The fraction of sp³-hybridized carbons (Fsp3) is 0.769. The lowest BCUT2D eigenvalue weighted by atomic mass is 9.91. The number of nitrogens with two attached hydrogens (primary N) is 1. The molecule has 2 N–H and O–H groups in total. The Morgan fingerprint density at radius 1 is 1.44 bits per heavy atom. The maximum Gasteiger partial charge on any atom is 0.0860 e. The van der Waals surface area contributed by atoms with E-state index < -0.39 is 0 Å². The van der Waals surface area contributed by atoms with Gasteiger partial charge in [-0.25, -0.2) is 0 Å². The largest absolute Gasteiger partial charge is 0.328 e. The van der Waals surface area contributed by atoms with Gasteiger partial charge in [-0.05, 0) is 45.7 Å². The maximum atomic E-state index is 6.28. The second-order valence-corrected chi connectivity index (χ2v) is 5.82. The fourth-order valence-corrected chi connectivity index (χ4v) is 2.92. The maximum absolute atomic E-state index is 6.28. The van der Waals surface area contributed by atoms with Crippen molar-refractivity contribution in [2.45, 2.75) is 39.3 Å². The van der Waals surface area contributed by atoms with Crippen LogP contribution in [0.2, 0.25) is 5.02 Å². The molecule has 1 unspecified atom stereocenters. The molecule has 5 heteroatoms. The third-order valence-electron chi connectivity index (χ3n) is 4.01. The van der Waals surface area contributed by atoms with E-state index >= 15 is 0 Å². The Morgan fingerprint density at radius 3 is 2.50 bits per heavy atom. The molecule has 0 saturated carbocycles. The van der Waals surface area contributed by atoms with Crippen molar-refractivity contribution in [3.8, 4) is 0 Å². The lowest BCUT2D eigenvalue weighted by Crippen LogP contribution is -2.39. The van der Waals surface area contributed by atoms with E-state index in [-0.39, 0.29) is 0 Å². The van der Waals surface area contributed by atoms with Crippen molar-refractivity contribution in [2.24, 2.45) is 18.7 Å². The van der Waals surface area contributed by atoms with E-state index in [9.17, 15) is 0 Å². The highest BCUT2D eigenvalue weighted by molar-refractivity contribution is 6.31. The van der Waals surface area contributed by atoms with Crippen LogP contribution in [0, 0.1) is 12.8 Å². The molecule has 1 fully saturated rings. The number of hydrogen-bond donors (Lipinski definition) is 1. The highest BCUT2D eigenvalue weighted by atomic mass is 35.5. The van der Waals surface area contributed by atoms with Gasteiger partial charge in [0.1, 0.15) is 0 Å². The number of aromatic nitrogens is 2. The minimum atomic E-state index is 0.315. The number of aryl methyl sites for hydroxylation is 2. The Kier molecular flexibility index (Phi) is 4.30.